The molecule has 0 aliphatic heterocycles. The first-order chi connectivity index (χ1) is 4.22. The van der Waals surface area contributed by atoms with Gasteiger partial charge in [-0.25, -0.2) is 0 Å². The molecule has 0 atom stereocenters. The number of aryl methyl sites for hydroxylation is 1. The maximum atomic E-state index is 4.92. The summed E-state index contributed by atoms with van der Waals surface area (Å²) in [4.78, 5) is 0. The van der Waals surface area contributed by atoms with Gasteiger partial charge in [0.05, 0.1) is 6.20 Å². The quantitative estimate of drug-likeness (QED) is 0.556. The van der Waals surface area contributed by atoms with Gasteiger partial charge >= 0.3 is 0 Å². The summed E-state index contributed by atoms with van der Waals surface area (Å²) in [5.41, 5.74) is 2.25. The summed E-state index contributed by atoms with van der Waals surface area (Å²) in [6.45, 7) is 3.97. The largest absolute Gasteiger partial charge is 0.268 e. The zero-order valence-corrected chi connectivity index (χ0v) is 6.25. The number of nitrogens with one attached hydrogen (secondary N) is 1. The van der Waals surface area contributed by atoms with E-state index in [2.05, 4.69) is 10.2 Å². The second-order valence-corrected chi connectivity index (χ2v) is 2.42. The van der Waals surface area contributed by atoms with Gasteiger partial charge in [0.2, 0.25) is 0 Å². The van der Waals surface area contributed by atoms with Crippen molar-refractivity contribution in [2.24, 2.45) is 0 Å². The molecular weight excluding hydrogens is 132 g/mol. The zero-order valence-electron chi connectivity index (χ0n) is 5.43. The topological polar surface area (TPSA) is 28.7 Å². The summed E-state index contributed by atoms with van der Waals surface area (Å²) in [5.74, 6) is 0. The van der Waals surface area contributed by atoms with E-state index in [1.165, 1.54) is 0 Å². The Hall–Kier alpha value is -0.700. The van der Waals surface area contributed by atoms with Gasteiger partial charge in [-0.15, -0.1) is 0 Å². The second kappa shape index (κ2) is 2.27. The minimum Gasteiger partial charge on any atom is -0.268 e. The predicted molar refractivity (Wildman–Crippen MR) is 38.9 cm³/mol. The van der Waals surface area contributed by atoms with Crippen molar-refractivity contribution in [3.63, 3.8) is 0 Å². The van der Waals surface area contributed by atoms with Crippen molar-refractivity contribution in [2.45, 2.75) is 13.8 Å². The van der Waals surface area contributed by atoms with E-state index in [0.717, 1.165) is 15.8 Å². The third-order valence-corrected chi connectivity index (χ3v) is 1.75. The first-order valence-corrected chi connectivity index (χ1v) is 3.13. The van der Waals surface area contributed by atoms with Crippen LogP contribution in [-0.2, 0) is 0 Å². The standard InChI is InChI=1S/C6H8N2S/c1-4-3-7-8-6(9)5(4)2/h3H,1-2H3,(H,8,9). The fourth-order valence-corrected chi connectivity index (χ4v) is 0.761. The van der Waals surface area contributed by atoms with Crippen molar-refractivity contribution in [3.8, 4) is 0 Å². The van der Waals surface area contributed by atoms with Gasteiger partial charge in [0.1, 0.15) is 4.64 Å². The van der Waals surface area contributed by atoms with E-state index in [1.54, 1.807) is 6.20 Å². The third kappa shape index (κ3) is 1.16. The van der Waals surface area contributed by atoms with Crippen LogP contribution < -0.4 is 0 Å². The molecule has 1 aromatic heterocycles. The molecule has 1 aromatic rings. The van der Waals surface area contributed by atoms with Gasteiger partial charge in [-0.3, -0.25) is 5.10 Å². The molecule has 0 aliphatic carbocycles. The predicted octanol–water partition coefficient (Wildman–Crippen LogP) is 1.76. The van der Waals surface area contributed by atoms with Crippen molar-refractivity contribution in [3.05, 3.63) is 22.0 Å². The van der Waals surface area contributed by atoms with Crippen LogP contribution in [0.2, 0.25) is 0 Å². The molecule has 9 heavy (non-hydrogen) atoms. The monoisotopic (exact) mass is 140 g/mol. The highest BCUT2D eigenvalue weighted by molar-refractivity contribution is 7.71. The van der Waals surface area contributed by atoms with E-state index in [9.17, 15) is 0 Å². The molecule has 1 heterocycles. The summed E-state index contributed by atoms with van der Waals surface area (Å²) in [5, 5.41) is 6.52. The normalized spacial score (nSPS) is 9.56. The number of H-pyrrole nitrogens is 1. The maximum Gasteiger partial charge on any atom is 0.122 e. The van der Waals surface area contributed by atoms with Gasteiger partial charge in [-0.1, -0.05) is 12.2 Å². The molecule has 0 fully saturated rings. The molecule has 1 rings (SSSR count). The average Bonchev–Trinajstić information content (AvgIpc) is 1.83. The molecule has 0 unspecified atom stereocenters. The highest BCUT2D eigenvalue weighted by Crippen LogP contribution is 2.01. The molecule has 1 N–H and O–H groups in total. The fraction of sp³-hybridized carbons (Fsp3) is 0.333. The number of hydrogen-bond donors (Lipinski definition) is 1. The molecule has 0 saturated carbocycles. The summed E-state index contributed by atoms with van der Waals surface area (Å²) < 4.78 is 0.731. The number of aromatic nitrogens is 2. The van der Waals surface area contributed by atoms with Crippen molar-refractivity contribution in [1.82, 2.24) is 10.2 Å². The number of nitrogens with zero attached hydrogens (tertiary/aromatic N) is 1. The maximum absolute atomic E-state index is 4.92. The van der Waals surface area contributed by atoms with Crippen LogP contribution in [0.25, 0.3) is 0 Å². The number of aromatic amines is 1. The van der Waals surface area contributed by atoms with Crippen molar-refractivity contribution >= 4 is 12.2 Å². The van der Waals surface area contributed by atoms with Crippen LogP contribution in [0.4, 0.5) is 0 Å². The molecular formula is C6H8N2S. The average molecular weight is 140 g/mol. The van der Waals surface area contributed by atoms with E-state index in [1.807, 2.05) is 13.8 Å². The molecule has 0 spiro atoms. The Morgan fingerprint density at radius 1 is 1.56 bits per heavy atom. The zero-order chi connectivity index (χ0) is 6.85. The van der Waals surface area contributed by atoms with E-state index in [0.29, 0.717) is 0 Å². The SMILES string of the molecule is Cc1cn[nH]c(=S)c1C. The minimum atomic E-state index is 0.731. The van der Waals surface area contributed by atoms with Crippen molar-refractivity contribution in [1.29, 1.82) is 0 Å². The Kier molecular flexibility index (Phi) is 1.62. The van der Waals surface area contributed by atoms with Gasteiger partial charge in [0.25, 0.3) is 0 Å². The molecule has 0 saturated heterocycles. The van der Waals surface area contributed by atoms with Crippen molar-refractivity contribution in [2.75, 3.05) is 0 Å². The molecule has 2 nitrogen and oxygen atoms in total. The van der Waals surface area contributed by atoms with Gasteiger partial charge in [0.15, 0.2) is 0 Å². The molecule has 3 heteroatoms. The summed E-state index contributed by atoms with van der Waals surface area (Å²) in [6.07, 6.45) is 1.77. The molecule has 0 radical (unpaired) electrons. The number of hydrogen-bond acceptors (Lipinski definition) is 2. The van der Waals surface area contributed by atoms with Crippen LogP contribution in [0, 0.1) is 18.5 Å². The first-order valence-electron chi connectivity index (χ1n) is 2.72. The van der Waals surface area contributed by atoms with Gasteiger partial charge < -0.3 is 0 Å². The van der Waals surface area contributed by atoms with E-state index >= 15 is 0 Å². The lowest BCUT2D eigenvalue weighted by Crippen LogP contribution is -1.87. The molecule has 0 aromatic carbocycles. The lowest BCUT2D eigenvalue weighted by Gasteiger charge is -1.94. The summed E-state index contributed by atoms with van der Waals surface area (Å²) >= 11 is 4.92. The summed E-state index contributed by atoms with van der Waals surface area (Å²) in [7, 11) is 0. The molecule has 48 valence electrons. The van der Waals surface area contributed by atoms with E-state index < -0.39 is 0 Å². The van der Waals surface area contributed by atoms with Gasteiger partial charge in [-0.2, -0.15) is 5.10 Å². The first kappa shape index (κ1) is 6.42. The van der Waals surface area contributed by atoms with Crippen LogP contribution in [-0.4, -0.2) is 10.2 Å². The second-order valence-electron chi connectivity index (χ2n) is 2.01. The molecule has 0 amide bonds. The van der Waals surface area contributed by atoms with Crippen LogP contribution in [0.15, 0.2) is 6.20 Å². The highest BCUT2D eigenvalue weighted by Gasteiger charge is 1.90. The Balaban J connectivity index is 3.43. The Bertz CT molecular complexity index is 264. The van der Waals surface area contributed by atoms with Crippen molar-refractivity contribution < 1.29 is 0 Å². The van der Waals surface area contributed by atoms with E-state index in [-0.39, 0.29) is 0 Å². The van der Waals surface area contributed by atoms with Crippen LogP contribution in [0.3, 0.4) is 0 Å². The Labute approximate surface area is 58.9 Å². The summed E-state index contributed by atoms with van der Waals surface area (Å²) in [6, 6.07) is 0. The Morgan fingerprint density at radius 2 is 2.22 bits per heavy atom. The van der Waals surface area contributed by atoms with Crippen LogP contribution >= 0.6 is 12.2 Å². The molecule has 0 aliphatic rings. The lowest BCUT2D eigenvalue weighted by atomic mass is 10.2. The smallest absolute Gasteiger partial charge is 0.122 e. The highest BCUT2D eigenvalue weighted by atomic mass is 32.1. The molecule has 0 bridgehead atoms. The van der Waals surface area contributed by atoms with Gasteiger partial charge in [-0.05, 0) is 25.0 Å². The van der Waals surface area contributed by atoms with Crippen LogP contribution in [0.1, 0.15) is 11.1 Å². The third-order valence-electron chi connectivity index (χ3n) is 1.36. The fourth-order valence-electron chi connectivity index (χ4n) is 0.547. The van der Waals surface area contributed by atoms with Crippen LogP contribution in [0.5, 0.6) is 0 Å². The lowest BCUT2D eigenvalue weighted by molar-refractivity contribution is 0.979. The van der Waals surface area contributed by atoms with E-state index in [4.69, 9.17) is 12.2 Å². The Morgan fingerprint density at radius 3 is 2.67 bits per heavy atom. The van der Waals surface area contributed by atoms with Gasteiger partial charge in [0, 0.05) is 0 Å². The number of rotatable bonds is 0. The minimum absolute atomic E-state index is 0.731.